The Kier molecular flexibility index (Phi) is 13.7. The molecule has 0 bridgehead atoms. The number of piperidine rings is 1. The second-order valence-corrected chi connectivity index (χ2v) is 16.4. The molecule has 2 aromatic carbocycles. The molecule has 11 nitrogen and oxygen atoms in total. The molecule has 0 unspecified atom stereocenters. The summed E-state index contributed by atoms with van der Waals surface area (Å²) in [4.78, 5) is 41.1. The lowest BCUT2D eigenvalue weighted by molar-refractivity contribution is -0.130. The summed E-state index contributed by atoms with van der Waals surface area (Å²) < 4.78 is 23.1. The predicted molar refractivity (Wildman–Crippen MR) is 224 cm³/mol. The Bertz CT molecular complexity index is 2060. The molecule has 0 radical (unpaired) electrons. The predicted octanol–water partition coefficient (Wildman–Crippen LogP) is 9.16. The van der Waals surface area contributed by atoms with E-state index in [0.29, 0.717) is 77.1 Å². The number of carbonyl (C=O) groups is 2. The molecular weight excluding hydrogens is 765 g/mol. The van der Waals surface area contributed by atoms with Crippen LogP contribution >= 0.6 is 23.2 Å². The van der Waals surface area contributed by atoms with Gasteiger partial charge in [-0.2, -0.15) is 0 Å². The number of hydrogen-bond donors (Lipinski definition) is 0. The molecule has 6 rings (SSSR count). The molecule has 2 aliphatic rings. The van der Waals surface area contributed by atoms with Crippen molar-refractivity contribution in [1.82, 2.24) is 24.7 Å². The fourth-order valence-corrected chi connectivity index (χ4v) is 8.24. The largest absolute Gasteiger partial charge is 0.496 e. The average molecular weight is 819 g/mol. The molecule has 0 N–H and O–H groups in total. The van der Waals surface area contributed by atoms with Crippen molar-refractivity contribution >= 4 is 35.2 Å². The molecule has 304 valence electrons. The number of nitrogens with zero attached hydrogens (tertiary/aromatic N) is 5. The number of methoxy groups -OCH3 is 2. The number of ether oxygens (including phenoxy) is 4. The van der Waals surface area contributed by atoms with Crippen molar-refractivity contribution in [2.24, 2.45) is 0 Å². The van der Waals surface area contributed by atoms with Crippen LogP contribution in [0, 0.1) is 0 Å². The van der Waals surface area contributed by atoms with E-state index < -0.39 is 11.7 Å². The topological polar surface area (TPSA) is 107 Å². The van der Waals surface area contributed by atoms with Crippen molar-refractivity contribution in [2.75, 3.05) is 47.6 Å². The molecule has 0 atom stereocenters. The third-order valence-electron chi connectivity index (χ3n) is 10.7. The average Bonchev–Trinajstić information content (AvgIpc) is 3.20. The number of rotatable bonds is 11. The Hall–Kier alpha value is -4.42. The Balaban J connectivity index is 1.26. The Morgan fingerprint density at radius 2 is 1.54 bits per heavy atom. The normalized spacial score (nSPS) is 15.4. The van der Waals surface area contributed by atoms with Crippen molar-refractivity contribution in [3.63, 3.8) is 0 Å². The number of hydrogen-bond acceptors (Lipinski definition) is 9. The quantitative estimate of drug-likeness (QED) is 0.147. The second-order valence-electron chi connectivity index (χ2n) is 15.7. The molecule has 2 fully saturated rings. The molecule has 4 aromatic rings. The number of carbonyl (C=O) groups excluding carboxylic acids is 2. The lowest BCUT2D eigenvalue weighted by Gasteiger charge is -2.39. The molecule has 4 heterocycles. The van der Waals surface area contributed by atoms with E-state index in [2.05, 4.69) is 23.0 Å². The zero-order chi connectivity index (χ0) is 40.9. The molecule has 0 spiro atoms. The second kappa shape index (κ2) is 18.4. The SMILES string of the molecule is COc1cc(-c2nccc(-c3cccc(-c4ccc(CN(C)C5CCOCC5)c(OC)n4)c3Cl)c2Cl)ccc1CN(C(=O)OC(C)(C)C)C1CCN(C(C)=O)CC1. The van der Waals surface area contributed by atoms with Crippen LogP contribution in [0.15, 0.2) is 60.8 Å². The maximum Gasteiger partial charge on any atom is 0.410 e. The van der Waals surface area contributed by atoms with Gasteiger partial charge in [0.1, 0.15) is 11.4 Å². The number of halogens is 2. The van der Waals surface area contributed by atoms with Gasteiger partial charge >= 0.3 is 6.09 Å². The fourth-order valence-electron chi connectivity index (χ4n) is 7.59. The van der Waals surface area contributed by atoms with Crippen LogP contribution < -0.4 is 9.47 Å². The first-order valence-electron chi connectivity index (χ1n) is 19.5. The van der Waals surface area contributed by atoms with Crippen molar-refractivity contribution in [3.05, 3.63) is 82.0 Å². The summed E-state index contributed by atoms with van der Waals surface area (Å²) in [6.45, 7) is 10.8. The highest BCUT2D eigenvalue weighted by atomic mass is 35.5. The van der Waals surface area contributed by atoms with E-state index in [1.807, 2.05) is 74.2 Å². The van der Waals surface area contributed by atoms with Crippen LogP contribution in [0.1, 0.15) is 64.5 Å². The highest BCUT2D eigenvalue weighted by Gasteiger charge is 2.33. The molecule has 13 heteroatoms. The maximum absolute atomic E-state index is 13.6. The standard InChI is InChI=1S/C44H53Cl2N5O6/c1-28(52)50-21-16-33(17-22-50)51(43(53)57-44(2,3)4)27-30-12-11-29(25-38(30)54-6)41-40(46)35(15-20-47-41)34-9-8-10-36(39(34)45)37-14-13-31(42(48-37)55-7)26-49(5)32-18-23-56-24-19-32/h8-15,20,25,32-33H,16-19,21-24,26-27H2,1-7H3. The van der Waals surface area contributed by atoms with E-state index in [-0.39, 0.29) is 18.5 Å². The summed E-state index contributed by atoms with van der Waals surface area (Å²) in [5.41, 5.74) is 5.30. The van der Waals surface area contributed by atoms with E-state index in [1.165, 1.54) is 0 Å². The number of amides is 2. The van der Waals surface area contributed by atoms with E-state index >= 15 is 0 Å². The van der Waals surface area contributed by atoms with Crippen LogP contribution in [0.5, 0.6) is 11.6 Å². The van der Waals surface area contributed by atoms with Crippen LogP contribution in [0.4, 0.5) is 4.79 Å². The smallest absolute Gasteiger partial charge is 0.410 e. The lowest BCUT2D eigenvalue weighted by Crippen LogP contribution is -2.49. The first-order chi connectivity index (χ1) is 27.3. The summed E-state index contributed by atoms with van der Waals surface area (Å²) in [7, 11) is 5.37. The fraction of sp³-hybridized carbons (Fsp3) is 0.455. The minimum atomic E-state index is -0.672. The van der Waals surface area contributed by atoms with Crippen molar-refractivity contribution in [2.45, 2.75) is 84.2 Å². The molecular formula is C44H53Cl2N5O6. The minimum absolute atomic E-state index is 0.0358. The highest BCUT2D eigenvalue weighted by Crippen LogP contribution is 2.42. The third kappa shape index (κ3) is 10.0. The van der Waals surface area contributed by atoms with Gasteiger partial charge in [0.15, 0.2) is 0 Å². The Labute approximate surface area is 346 Å². The van der Waals surface area contributed by atoms with Crippen LogP contribution in [-0.4, -0.2) is 102 Å². The van der Waals surface area contributed by atoms with Gasteiger partial charge in [-0.3, -0.25) is 14.7 Å². The summed E-state index contributed by atoms with van der Waals surface area (Å²) in [6.07, 6.45) is 4.61. The summed E-state index contributed by atoms with van der Waals surface area (Å²) in [6, 6.07) is 17.8. The lowest BCUT2D eigenvalue weighted by atomic mass is 9.98. The Morgan fingerprint density at radius 3 is 2.21 bits per heavy atom. The summed E-state index contributed by atoms with van der Waals surface area (Å²) in [5, 5.41) is 0.929. The number of benzene rings is 2. The van der Waals surface area contributed by atoms with E-state index in [9.17, 15) is 9.59 Å². The highest BCUT2D eigenvalue weighted by molar-refractivity contribution is 6.39. The van der Waals surface area contributed by atoms with E-state index in [1.54, 1.807) is 32.2 Å². The zero-order valence-electron chi connectivity index (χ0n) is 33.9. The van der Waals surface area contributed by atoms with Gasteiger partial charge in [0, 0.05) is 91.4 Å². The maximum atomic E-state index is 13.6. The van der Waals surface area contributed by atoms with Crippen LogP contribution in [-0.2, 0) is 27.4 Å². The van der Waals surface area contributed by atoms with Crippen molar-refractivity contribution < 1.29 is 28.5 Å². The summed E-state index contributed by atoms with van der Waals surface area (Å²) in [5.74, 6) is 1.17. The zero-order valence-corrected chi connectivity index (χ0v) is 35.5. The van der Waals surface area contributed by atoms with E-state index in [4.69, 9.17) is 47.1 Å². The first-order valence-corrected chi connectivity index (χ1v) is 20.2. The Morgan fingerprint density at radius 1 is 0.860 bits per heavy atom. The van der Waals surface area contributed by atoms with E-state index in [0.717, 1.165) is 53.9 Å². The molecule has 2 aliphatic heterocycles. The van der Waals surface area contributed by atoms with Crippen LogP contribution in [0.3, 0.4) is 0 Å². The monoisotopic (exact) mass is 817 g/mol. The van der Waals surface area contributed by atoms with Crippen molar-refractivity contribution in [1.29, 1.82) is 0 Å². The number of likely N-dealkylation sites (tertiary alicyclic amines) is 1. The number of aromatic nitrogens is 2. The van der Waals surface area contributed by atoms with Gasteiger partial charge in [0.2, 0.25) is 11.8 Å². The van der Waals surface area contributed by atoms with Gasteiger partial charge in [-0.05, 0) is 71.7 Å². The molecule has 57 heavy (non-hydrogen) atoms. The van der Waals surface area contributed by atoms with Gasteiger partial charge in [-0.1, -0.05) is 59.6 Å². The number of pyridine rings is 2. The first kappa shape index (κ1) is 42.2. The van der Waals surface area contributed by atoms with Gasteiger partial charge in [0.25, 0.3) is 0 Å². The molecule has 0 saturated carbocycles. The third-order valence-corrected chi connectivity index (χ3v) is 11.5. The molecule has 2 saturated heterocycles. The molecule has 2 amide bonds. The molecule has 2 aromatic heterocycles. The van der Waals surface area contributed by atoms with Crippen LogP contribution in [0.2, 0.25) is 10.0 Å². The van der Waals surface area contributed by atoms with Crippen LogP contribution in [0.25, 0.3) is 33.6 Å². The summed E-state index contributed by atoms with van der Waals surface area (Å²) >= 11 is 14.4. The van der Waals surface area contributed by atoms with Gasteiger partial charge < -0.3 is 28.7 Å². The van der Waals surface area contributed by atoms with Gasteiger partial charge in [-0.25, -0.2) is 9.78 Å². The van der Waals surface area contributed by atoms with Crippen molar-refractivity contribution in [3.8, 4) is 45.3 Å². The van der Waals surface area contributed by atoms with Gasteiger partial charge in [-0.15, -0.1) is 0 Å². The minimum Gasteiger partial charge on any atom is -0.496 e. The molecule has 0 aliphatic carbocycles. The van der Waals surface area contributed by atoms with Gasteiger partial charge in [0.05, 0.1) is 42.2 Å².